The van der Waals surface area contributed by atoms with E-state index < -0.39 is 37.4 Å². The van der Waals surface area contributed by atoms with Crippen LogP contribution >= 0.6 is 0 Å². The lowest BCUT2D eigenvalue weighted by molar-refractivity contribution is -0.385. The summed E-state index contributed by atoms with van der Waals surface area (Å²) in [6.07, 6.45) is 0.311. The van der Waals surface area contributed by atoms with Crippen molar-refractivity contribution >= 4 is 15.7 Å². The number of non-ortho nitro benzene ring substituents is 1. The van der Waals surface area contributed by atoms with Gasteiger partial charge in [0, 0.05) is 12.1 Å². The molecule has 0 saturated heterocycles. The SMILES string of the molecule is CCC(CC#N)NS(=O)(=O)c1ccc([N+](=O)[O-])cc1F. The van der Waals surface area contributed by atoms with Gasteiger partial charge in [0.25, 0.3) is 5.69 Å². The molecular weight excluding hydrogens is 289 g/mol. The Kier molecular flexibility index (Phi) is 5.12. The summed E-state index contributed by atoms with van der Waals surface area (Å²) >= 11 is 0. The van der Waals surface area contributed by atoms with Crippen LogP contribution in [0.15, 0.2) is 23.1 Å². The fourth-order valence-corrected chi connectivity index (χ4v) is 2.86. The maximum absolute atomic E-state index is 13.7. The molecule has 0 aliphatic carbocycles. The van der Waals surface area contributed by atoms with E-state index in [1.54, 1.807) is 6.92 Å². The van der Waals surface area contributed by atoms with Crippen molar-refractivity contribution in [2.45, 2.75) is 30.7 Å². The van der Waals surface area contributed by atoms with Crippen molar-refractivity contribution in [2.75, 3.05) is 0 Å². The van der Waals surface area contributed by atoms with Crippen molar-refractivity contribution in [2.24, 2.45) is 0 Å². The first-order valence-electron chi connectivity index (χ1n) is 5.65. The lowest BCUT2D eigenvalue weighted by atomic mass is 10.2. The molecule has 1 N–H and O–H groups in total. The van der Waals surface area contributed by atoms with Gasteiger partial charge in [-0.25, -0.2) is 17.5 Å². The summed E-state index contributed by atoms with van der Waals surface area (Å²) in [6, 6.07) is 3.46. The van der Waals surface area contributed by atoms with E-state index in [4.69, 9.17) is 5.26 Å². The topological polar surface area (TPSA) is 113 Å². The molecule has 1 aromatic rings. The normalized spacial score (nSPS) is 12.7. The zero-order valence-electron chi connectivity index (χ0n) is 10.5. The quantitative estimate of drug-likeness (QED) is 0.634. The molecule has 1 rings (SSSR count). The predicted octanol–water partition coefficient (Wildman–Crippen LogP) is 1.70. The molecule has 1 aromatic carbocycles. The average Bonchev–Trinajstić information content (AvgIpc) is 2.37. The van der Waals surface area contributed by atoms with Crippen LogP contribution in [0.4, 0.5) is 10.1 Å². The molecule has 0 aliphatic rings. The van der Waals surface area contributed by atoms with Gasteiger partial charge in [-0.05, 0) is 12.5 Å². The maximum atomic E-state index is 13.7. The number of benzene rings is 1. The van der Waals surface area contributed by atoms with E-state index in [0.29, 0.717) is 12.5 Å². The van der Waals surface area contributed by atoms with Gasteiger partial charge in [-0.15, -0.1) is 0 Å². The first-order chi connectivity index (χ1) is 9.31. The number of hydrogen-bond acceptors (Lipinski definition) is 5. The molecule has 1 unspecified atom stereocenters. The van der Waals surface area contributed by atoms with Crippen LogP contribution in [0.25, 0.3) is 0 Å². The van der Waals surface area contributed by atoms with Crippen LogP contribution in [0, 0.1) is 27.3 Å². The second kappa shape index (κ2) is 6.40. The molecular formula is C11H12FN3O4S. The fourth-order valence-electron chi connectivity index (χ4n) is 1.48. The number of rotatable bonds is 6. The lowest BCUT2D eigenvalue weighted by Crippen LogP contribution is -2.34. The van der Waals surface area contributed by atoms with Crippen molar-refractivity contribution in [1.82, 2.24) is 4.72 Å². The van der Waals surface area contributed by atoms with Gasteiger partial charge in [0.05, 0.1) is 23.5 Å². The number of nitriles is 1. The minimum Gasteiger partial charge on any atom is -0.258 e. The van der Waals surface area contributed by atoms with Gasteiger partial charge in [0.15, 0.2) is 0 Å². The Bertz CT molecular complexity index is 654. The molecule has 0 aromatic heterocycles. The minimum absolute atomic E-state index is 0.0513. The van der Waals surface area contributed by atoms with Gasteiger partial charge in [0.1, 0.15) is 10.7 Å². The molecule has 0 radical (unpaired) electrons. The van der Waals surface area contributed by atoms with E-state index in [0.717, 1.165) is 12.1 Å². The Morgan fingerprint density at radius 2 is 2.20 bits per heavy atom. The zero-order valence-corrected chi connectivity index (χ0v) is 11.4. The summed E-state index contributed by atoms with van der Waals surface area (Å²) in [5.41, 5.74) is -0.537. The van der Waals surface area contributed by atoms with Crippen molar-refractivity contribution in [3.05, 3.63) is 34.1 Å². The number of nitro benzene ring substituents is 1. The Labute approximate surface area is 115 Å². The molecule has 108 valence electrons. The summed E-state index contributed by atoms with van der Waals surface area (Å²) in [5.74, 6) is -1.21. The van der Waals surface area contributed by atoms with Crippen molar-refractivity contribution in [3.63, 3.8) is 0 Å². The number of hydrogen-bond donors (Lipinski definition) is 1. The smallest absolute Gasteiger partial charge is 0.258 e. The predicted molar refractivity (Wildman–Crippen MR) is 67.7 cm³/mol. The average molecular weight is 301 g/mol. The lowest BCUT2D eigenvalue weighted by Gasteiger charge is -2.14. The van der Waals surface area contributed by atoms with Crippen molar-refractivity contribution in [1.29, 1.82) is 5.26 Å². The summed E-state index contributed by atoms with van der Waals surface area (Å²) in [7, 11) is -4.17. The van der Waals surface area contributed by atoms with E-state index in [2.05, 4.69) is 4.72 Å². The maximum Gasteiger partial charge on any atom is 0.272 e. The molecule has 0 aliphatic heterocycles. The van der Waals surface area contributed by atoms with E-state index in [1.807, 2.05) is 6.07 Å². The molecule has 20 heavy (non-hydrogen) atoms. The highest BCUT2D eigenvalue weighted by molar-refractivity contribution is 7.89. The van der Waals surface area contributed by atoms with Gasteiger partial charge in [-0.3, -0.25) is 10.1 Å². The van der Waals surface area contributed by atoms with Gasteiger partial charge >= 0.3 is 0 Å². The highest BCUT2D eigenvalue weighted by Gasteiger charge is 2.24. The van der Waals surface area contributed by atoms with Crippen LogP contribution in [0.5, 0.6) is 0 Å². The highest BCUT2D eigenvalue weighted by Crippen LogP contribution is 2.20. The standard InChI is InChI=1S/C11H12FN3O4S/c1-2-8(5-6-13)14-20(18,19)11-4-3-9(15(16)17)7-10(11)12/h3-4,7-8,14H,2,5H2,1H3. The largest absolute Gasteiger partial charge is 0.272 e. The van der Waals surface area contributed by atoms with Gasteiger partial charge in [0.2, 0.25) is 10.0 Å². The summed E-state index contributed by atoms with van der Waals surface area (Å²) in [5, 5.41) is 19.0. The summed E-state index contributed by atoms with van der Waals surface area (Å²) in [6.45, 7) is 1.68. The number of nitro groups is 1. The fraction of sp³-hybridized carbons (Fsp3) is 0.364. The van der Waals surface area contributed by atoms with E-state index >= 15 is 0 Å². The first-order valence-corrected chi connectivity index (χ1v) is 7.13. The molecule has 0 saturated carbocycles. The summed E-state index contributed by atoms with van der Waals surface area (Å²) in [4.78, 5) is 8.96. The molecule has 1 atom stereocenters. The molecule has 0 spiro atoms. The van der Waals surface area contributed by atoms with Crippen molar-refractivity contribution < 1.29 is 17.7 Å². The molecule has 0 bridgehead atoms. The van der Waals surface area contributed by atoms with Crippen LogP contribution < -0.4 is 4.72 Å². The number of sulfonamides is 1. The Hall–Kier alpha value is -2.05. The number of nitrogens with zero attached hydrogens (tertiary/aromatic N) is 2. The highest BCUT2D eigenvalue weighted by atomic mass is 32.2. The van der Waals surface area contributed by atoms with Crippen LogP contribution in [-0.4, -0.2) is 19.4 Å². The third kappa shape index (κ3) is 3.72. The van der Waals surface area contributed by atoms with Gasteiger partial charge in [-0.2, -0.15) is 5.26 Å². The van der Waals surface area contributed by atoms with Crippen LogP contribution in [0.1, 0.15) is 19.8 Å². The Balaban J connectivity index is 3.10. The first kappa shape index (κ1) is 16.0. The molecule has 7 nitrogen and oxygen atoms in total. The van der Waals surface area contributed by atoms with Crippen LogP contribution in [0.2, 0.25) is 0 Å². The third-order valence-electron chi connectivity index (χ3n) is 2.57. The van der Waals surface area contributed by atoms with E-state index in [1.165, 1.54) is 0 Å². The van der Waals surface area contributed by atoms with Gasteiger partial charge in [-0.1, -0.05) is 6.92 Å². The molecule has 0 heterocycles. The summed E-state index contributed by atoms with van der Waals surface area (Å²) < 4.78 is 39.7. The molecule has 0 fully saturated rings. The van der Waals surface area contributed by atoms with Crippen molar-refractivity contribution in [3.8, 4) is 6.07 Å². The second-order valence-corrected chi connectivity index (χ2v) is 5.64. The molecule has 0 amide bonds. The Morgan fingerprint density at radius 1 is 1.55 bits per heavy atom. The van der Waals surface area contributed by atoms with E-state index in [9.17, 15) is 22.9 Å². The second-order valence-electron chi connectivity index (χ2n) is 3.96. The van der Waals surface area contributed by atoms with Crippen LogP contribution in [0.3, 0.4) is 0 Å². The van der Waals surface area contributed by atoms with E-state index in [-0.39, 0.29) is 6.42 Å². The Morgan fingerprint density at radius 3 is 2.65 bits per heavy atom. The minimum atomic E-state index is -4.17. The monoisotopic (exact) mass is 301 g/mol. The number of halogens is 1. The third-order valence-corrected chi connectivity index (χ3v) is 4.12. The van der Waals surface area contributed by atoms with Crippen LogP contribution in [-0.2, 0) is 10.0 Å². The zero-order chi connectivity index (χ0) is 15.3. The number of nitrogens with one attached hydrogen (secondary N) is 1. The van der Waals surface area contributed by atoms with Gasteiger partial charge < -0.3 is 0 Å². The molecule has 9 heteroatoms.